The summed E-state index contributed by atoms with van der Waals surface area (Å²) in [5, 5.41) is 9.69. The maximum Gasteiger partial charge on any atom is 0.0589 e. The number of aliphatic hydroxyl groups is 1. The van der Waals surface area contributed by atoms with E-state index >= 15 is 0 Å². The highest BCUT2D eigenvalue weighted by Gasteiger charge is 2.26. The molecule has 1 aliphatic carbocycles. The van der Waals surface area contributed by atoms with Crippen molar-refractivity contribution >= 4 is 0 Å². The number of rotatable bonds is 5. The fourth-order valence-corrected chi connectivity index (χ4v) is 3.16. The molecule has 0 saturated heterocycles. The van der Waals surface area contributed by atoms with Crippen molar-refractivity contribution in [3.8, 4) is 0 Å². The third-order valence-electron chi connectivity index (χ3n) is 4.22. The Morgan fingerprint density at radius 1 is 1.17 bits per heavy atom. The molecule has 0 heterocycles. The van der Waals surface area contributed by atoms with Crippen LogP contribution in [0.3, 0.4) is 0 Å². The van der Waals surface area contributed by atoms with Gasteiger partial charge in [0.25, 0.3) is 0 Å². The van der Waals surface area contributed by atoms with Crippen molar-refractivity contribution in [2.24, 2.45) is 5.92 Å². The van der Waals surface area contributed by atoms with E-state index in [4.69, 9.17) is 0 Å². The van der Waals surface area contributed by atoms with Crippen LogP contribution in [0.4, 0.5) is 0 Å². The van der Waals surface area contributed by atoms with Gasteiger partial charge in [0.15, 0.2) is 0 Å². The molecule has 0 unspecified atom stereocenters. The second-order valence-electron chi connectivity index (χ2n) is 5.55. The van der Waals surface area contributed by atoms with Crippen LogP contribution in [-0.2, 0) is 6.54 Å². The Hall–Kier alpha value is -0.860. The van der Waals surface area contributed by atoms with Gasteiger partial charge in [0.2, 0.25) is 0 Å². The van der Waals surface area contributed by atoms with E-state index in [-0.39, 0.29) is 6.61 Å². The summed E-state index contributed by atoms with van der Waals surface area (Å²) >= 11 is 0. The van der Waals surface area contributed by atoms with Crippen molar-refractivity contribution < 1.29 is 5.11 Å². The van der Waals surface area contributed by atoms with Crippen molar-refractivity contribution in [2.75, 3.05) is 13.7 Å². The van der Waals surface area contributed by atoms with Crippen LogP contribution in [0.15, 0.2) is 30.3 Å². The summed E-state index contributed by atoms with van der Waals surface area (Å²) in [6.45, 7) is 1.22. The molecule has 0 radical (unpaired) electrons. The van der Waals surface area contributed by atoms with E-state index in [1.165, 1.54) is 37.7 Å². The average molecular weight is 247 g/mol. The van der Waals surface area contributed by atoms with Gasteiger partial charge in [0.05, 0.1) is 6.61 Å². The molecule has 100 valence electrons. The first kappa shape index (κ1) is 13.6. The molecule has 0 aliphatic heterocycles. The predicted octanol–water partition coefficient (Wildman–Crippen LogP) is 3.06. The van der Waals surface area contributed by atoms with Crippen molar-refractivity contribution in [3.63, 3.8) is 0 Å². The molecule has 1 fully saturated rings. The molecule has 0 spiro atoms. The summed E-state index contributed by atoms with van der Waals surface area (Å²) in [4.78, 5) is 2.32. The topological polar surface area (TPSA) is 23.5 Å². The Morgan fingerprint density at radius 3 is 2.44 bits per heavy atom. The van der Waals surface area contributed by atoms with Gasteiger partial charge in [-0.3, -0.25) is 4.90 Å². The Morgan fingerprint density at radius 2 is 1.83 bits per heavy atom. The molecule has 0 bridgehead atoms. The number of likely N-dealkylation sites (N-methyl/N-ethyl adjacent to an activating group) is 1. The van der Waals surface area contributed by atoms with Crippen LogP contribution in [0.2, 0.25) is 0 Å². The van der Waals surface area contributed by atoms with Gasteiger partial charge in [-0.2, -0.15) is 0 Å². The maximum absolute atomic E-state index is 9.69. The van der Waals surface area contributed by atoms with E-state index in [0.717, 1.165) is 6.54 Å². The van der Waals surface area contributed by atoms with Crippen molar-refractivity contribution in [3.05, 3.63) is 35.9 Å². The first-order valence-electron chi connectivity index (χ1n) is 7.16. The highest BCUT2D eigenvalue weighted by Crippen LogP contribution is 2.29. The first-order chi connectivity index (χ1) is 8.81. The molecule has 1 aromatic carbocycles. The molecule has 18 heavy (non-hydrogen) atoms. The maximum atomic E-state index is 9.69. The van der Waals surface area contributed by atoms with Gasteiger partial charge in [-0.1, -0.05) is 49.6 Å². The Kier molecular flexibility index (Phi) is 5.21. The van der Waals surface area contributed by atoms with Gasteiger partial charge < -0.3 is 5.11 Å². The third kappa shape index (κ3) is 3.56. The van der Waals surface area contributed by atoms with Gasteiger partial charge in [0, 0.05) is 12.6 Å². The second kappa shape index (κ2) is 6.91. The second-order valence-corrected chi connectivity index (χ2v) is 5.55. The summed E-state index contributed by atoms with van der Waals surface area (Å²) in [5.41, 5.74) is 1.33. The molecule has 1 N–H and O–H groups in total. The third-order valence-corrected chi connectivity index (χ3v) is 4.22. The summed E-state index contributed by atoms with van der Waals surface area (Å²) < 4.78 is 0. The monoisotopic (exact) mass is 247 g/mol. The molecule has 0 amide bonds. The van der Waals surface area contributed by atoms with Gasteiger partial charge >= 0.3 is 0 Å². The lowest BCUT2D eigenvalue weighted by Gasteiger charge is -2.35. The minimum absolute atomic E-state index is 0.286. The Balaban J connectivity index is 1.94. The number of hydrogen-bond donors (Lipinski definition) is 1. The molecule has 1 aromatic rings. The summed E-state index contributed by atoms with van der Waals surface area (Å²) in [7, 11) is 2.14. The lowest BCUT2D eigenvalue weighted by atomic mass is 9.83. The minimum atomic E-state index is 0.286. The van der Waals surface area contributed by atoms with E-state index in [1.807, 2.05) is 6.07 Å². The molecule has 2 heteroatoms. The van der Waals surface area contributed by atoms with Crippen LogP contribution < -0.4 is 0 Å². The molecule has 1 saturated carbocycles. The number of hydrogen-bond acceptors (Lipinski definition) is 2. The highest BCUT2D eigenvalue weighted by atomic mass is 16.3. The van der Waals surface area contributed by atoms with E-state index < -0.39 is 0 Å². The van der Waals surface area contributed by atoms with Gasteiger partial charge in [-0.05, 0) is 31.4 Å². The quantitative estimate of drug-likeness (QED) is 0.864. The molecular weight excluding hydrogens is 222 g/mol. The number of aliphatic hydroxyl groups excluding tert-OH is 1. The average Bonchev–Trinajstić information content (AvgIpc) is 2.42. The first-order valence-corrected chi connectivity index (χ1v) is 7.16. The summed E-state index contributed by atoms with van der Waals surface area (Å²) in [6, 6.07) is 10.9. The van der Waals surface area contributed by atoms with Crippen molar-refractivity contribution in [1.29, 1.82) is 0 Å². The smallest absolute Gasteiger partial charge is 0.0589 e. The zero-order valence-electron chi connectivity index (χ0n) is 11.4. The van der Waals surface area contributed by atoms with Crippen LogP contribution in [0, 0.1) is 5.92 Å². The van der Waals surface area contributed by atoms with E-state index in [1.54, 1.807) is 0 Å². The lowest BCUT2D eigenvalue weighted by Crippen LogP contribution is -2.41. The largest absolute Gasteiger partial charge is 0.395 e. The fourth-order valence-electron chi connectivity index (χ4n) is 3.16. The zero-order chi connectivity index (χ0) is 12.8. The van der Waals surface area contributed by atoms with Crippen LogP contribution in [-0.4, -0.2) is 29.7 Å². The van der Waals surface area contributed by atoms with E-state index in [9.17, 15) is 5.11 Å². The summed E-state index contributed by atoms with van der Waals surface area (Å²) in [6.07, 6.45) is 6.60. The Bertz CT molecular complexity index is 332. The van der Waals surface area contributed by atoms with Crippen molar-refractivity contribution in [2.45, 2.75) is 44.7 Å². The lowest BCUT2D eigenvalue weighted by molar-refractivity contribution is 0.0783. The Labute approximate surface area is 111 Å². The van der Waals surface area contributed by atoms with Crippen LogP contribution in [0.1, 0.15) is 37.7 Å². The van der Waals surface area contributed by atoms with Gasteiger partial charge in [0.1, 0.15) is 0 Å². The van der Waals surface area contributed by atoms with E-state index in [0.29, 0.717) is 12.0 Å². The zero-order valence-corrected chi connectivity index (χ0v) is 11.4. The SMILES string of the molecule is CN(Cc1ccccc1)[C@H](CO)C1CCCCC1. The van der Waals surface area contributed by atoms with Gasteiger partial charge in [-0.15, -0.1) is 0 Å². The molecule has 0 aromatic heterocycles. The molecule has 2 nitrogen and oxygen atoms in total. The minimum Gasteiger partial charge on any atom is -0.395 e. The highest BCUT2D eigenvalue weighted by molar-refractivity contribution is 5.14. The van der Waals surface area contributed by atoms with Gasteiger partial charge in [-0.25, -0.2) is 0 Å². The fraction of sp³-hybridized carbons (Fsp3) is 0.625. The van der Waals surface area contributed by atoms with Crippen molar-refractivity contribution in [1.82, 2.24) is 4.90 Å². The summed E-state index contributed by atoms with van der Waals surface area (Å²) in [5.74, 6) is 0.678. The molecule has 1 atom stereocenters. The van der Waals surface area contributed by atoms with Crippen LogP contribution >= 0.6 is 0 Å². The van der Waals surface area contributed by atoms with Crippen LogP contribution in [0.5, 0.6) is 0 Å². The van der Waals surface area contributed by atoms with E-state index in [2.05, 4.69) is 36.2 Å². The molecular formula is C16H25NO. The molecule has 2 rings (SSSR count). The standard InChI is InChI=1S/C16H25NO/c1-17(12-14-8-4-2-5-9-14)16(13-18)15-10-6-3-7-11-15/h2,4-5,8-9,15-16,18H,3,6-7,10-13H2,1H3/t16-/m1/s1. The van der Waals surface area contributed by atoms with Crippen LogP contribution in [0.25, 0.3) is 0 Å². The normalized spacial score (nSPS) is 19.1. The predicted molar refractivity (Wildman–Crippen MR) is 75.4 cm³/mol. The number of benzene rings is 1. The molecule has 1 aliphatic rings. The number of nitrogens with zero attached hydrogens (tertiary/aromatic N) is 1.